The average Bonchev–Trinajstić information content (AvgIpc) is 3.07. The van der Waals surface area contributed by atoms with Crippen molar-refractivity contribution in [2.24, 2.45) is 12.1 Å². The van der Waals surface area contributed by atoms with Gasteiger partial charge in [-0.15, -0.1) is 0 Å². The van der Waals surface area contributed by atoms with Crippen molar-refractivity contribution in [3.05, 3.63) is 53.9 Å². The van der Waals surface area contributed by atoms with E-state index in [4.69, 9.17) is 0 Å². The molecule has 0 aliphatic carbocycles. The summed E-state index contributed by atoms with van der Waals surface area (Å²) in [5.74, 6) is -0.222. The van der Waals surface area contributed by atoms with E-state index in [0.717, 1.165) is 11.3 Å². The smallest absolute Gasteiger partial charge is 0.254 e. The third kappa shape index (κ3) is 4.86. The monoisotopic (exact) mass is 403 g/mol. The van der Waals surface area contributed by atoms with E-state index < -0.39 is 10.0 Å². The van der Waals surface area contributed by atoms with E-state index in [-0.39, 0.29) is 12.5 Å². The van der Waals surface area contributed by atoms with E-state index in [0.29, 0.717) is 31.1 Å². The molecular formula is C19H25N5O3S. The van der Waals surface area contributed by atoms with Gasteiger partial charge in [0, 0.05) is 39.4 Å². The Balaban J connectivity index is 1.48. The Hall–Kier alpha value is -2.49. The molecule has 150 valence electrons. The standard InChI is InChI=1S/C19H25N5O3S/c1-16-5-7-18(8-6-16)28(26,27)24-12-10-23(11-13-24)15-19(25)21-20-14-17-4-3-9-22(17)2/h3-9,14H,10-13,15H2,1-2H3,(H,21,25)/b20-14+. The van der Waals surface area contributed by atoms with Crippen molar-refractivity contribution in [3.8, 4) is 0 Å². The number of hydrazone groups is 1. The predicted octanol–water partition coefficient (Wildman–Crippen LogP) is 0.790. The minimum absolute atomic E-state index is 0.183. The van der Waals surface area contributed by atoms with Crippen LogP contribution in [0.4, 0.5) is 0 Å². The Bertz CT molecular complexity index is 942. The fourth-order valence-electron chi connectivity index (χ4n) is 3.00. The van der Waals surface area contributed by atoms with Crippen LogP contribution < -0.4 is 5.43 Å². The topological polar surface area (TPSA) is 87.0 Å². The molecular weight excluding hydrogens is 378 g/mol. The fraction of sp³-hybridized carbons (Fsp3) is 0.368. The number of carbonyl (C=O) groups excluding carboxylic acids is 1. The molecule has 1 aromatic heterocycles. The molecule has 0 bridgehead atoms. The summed E-state index contributed by atoms with van der Waals surface area (Å²) in [5.41, 5.74) is 4.41. The molecule has 1 saturated heterocycles. The van der Waals surface area contributed by atoms with Gasteiger partial charge >= 0.3 is 0 Å². The average molecular weight is 404 g/mol. The fourth-order valence-corrected chi connectivity index (χ4v) is 4.43. The minimum atomic E-state index is -3.49. The largest absolute Gasteiger partial charge is 0.350 e. The van der Waals surface area contributed by atoms with Gasteiger partial charge in [0.05, 0.1) is 23.3 Å². The third-order valence-electron chi connectivity index (χ3n) is 4.73. The molecule has 2 heterocycles. The summed E-state index contributed by atoms with van der Waals surface area (Å²) < 4.78 is 28.8. The number of aromatic nitrogens is 1. The first-order valence-corrected chi connectivity index (χ1v) is 10.5. The van der Waals surface area contributed by atoms with Crippen LogP contribution in [0.2, 0.25) is 0 Å². The maximum Gasteiger partial charge on any atom is 0.254 e. The van der Waals surface area contributed by atoms with Crippen molar-refractivity contribution in [2.45, 2.75) is 11.8 Å². The Labute approximate surface area is 165 Å². The van der Waals surface area contributed by atoms with Crippen LogP contribution in [0.5, 0.6) is 0 Å². The van der Waals surface area contributed by atoms with Crippen molar-refractivity contribution in [1.82, 2.24) is 19.2 Å². The third-order valence-corrected chi connectivity index (χ3v) is 6.64. The van der Waals surface area contributed by atoms with Crippen LogP contribution in [0.1, 0.15) is 11.3 Å². The van der Waals surface area contributed by atoms with Gasteiger partial charge in [0.25, 0.3) is 5.91 Å². The number of hydrogen-bond donors (Lipinski definition) is 1. The molecule has 1 fully saturated rings. The molecule has 1 aromatic carbocycles. The number of sulfonamides is 1. The Kier molecular flexibility index (Phi) is 6.28. The van der Waals surface area contributed by atoms with Crippen molar-refractivity contribution >= 4 is 22.1 Å². The number of rotatable bonds is 6. The highest BCUT2D eigenvalue weighted by Crippen LogP contribution is 2.18. The Morgan fingerprint density at radius 1 is 1.14 bits per heavy atom. The van der Waals surface area contributed by atoms with E-state index >= 15 is 0 Å². The van der Waals surface area contributed by atoms with E-state index in [1.54, 1.807) is 30.5 Å². The van der Waals surface area contributed by atoms with Crippen molar-refractivity contribution in [3.63, 3.8) is 0 Å². The molecule has 28 heavy (non-hydrogen) atoms. The zero-order valence-electron chi connectivity index (χ0n) is 16.1. The summed E-state index contributed by atoms with van der Waals surface area (Å²) in [6.45, 7) is 3.82. The van der Waals surface area contributed by atoms with E-state index in [1.165, 1.54) is 4.31 Å². The zero-order valence-corrected chi connectivity index (χ0v) is 16.9. The zero-order chi connectivity index (χ0) is 20.1. The lowest BCUT2D eigenvalue weighted by atomic mass is 10.2. The number of nitrogens with one attached hydrogen (secondary N) is 1. The predicted molar refractivity (Wildman–Crippen MR) is 108 cm³/mol. The normalized spacial score (nSPS) is 16.5. The number of aryl methyl sites for hydroxylation is 2. The molecule has 8 nitrogen and oxygen atoms in total. The molecule has 2 aromatic rings. The van der Waals surface area contributed by atoms with E-state index in [2.05, 4.69) is 10.5 Å². The molecule has 3 rings (SSSR count). The molecule has 1 aliphatic heterocycles. The minimum Gasteiger partial charge on any atom is -0.350 e. The summed E-state index contributed by atoms with van der Waals surface area (Å²) in [7, 11) is -1.60. The van der Waals surface area contributed by atoms with Crippen LogP contribution in [0, 0.1) is 6.92 Å². The number of piperazine rings is 1. The number of nitrogens with zero attached hydrogens (tertiary/aromatic N) is 4. The second-order valence-electron chi connectivity index (χ2n) is 6.83. The second-order valence-corrected chi connectivity index (χ2v) is 8.77. The quantitative estimate of drug-likeness (QED) is 0.571. The first-order valence-electron chi connectivity index (χ1n) is 9.09. The van der Waals surface area contributed by atoms with Gasteiger partial charge in [0.1, 0.15) is 0 Å². The molecule has 0 atom stereocenters. The highest BCUT2D eigenvalue weighted by molar-refractivity contribution is 7.89. The van der Waals surface area contributed by atoms with Crippen LogP contribution in [-0.2, 0) is 21.9 Å². The van der Waals surface area contributed by atoms with Gasteiger partial charge in [-0.05, 0) is 31.2 Å². The summed E-state index contributed by atoms with van der Waals surface area (Å²) in [5, 5.41) is 3.96. The van der Waals surface area contributed by atoms with Gasteiger partial charge in [-0.1, -0.05) is 17.7 Å². The highest BCUT2D eigenvalue weighted by Gasteiger charge is 2.28. The van der Waals surface area contributed by atoms with Crippen LogP contribution >= 0.6 is 0 Å². The highest BCUT2D eigenvalue weighted by atomic mass is 32.2. The molecule has 9 heteroatoms. The maximum atomic E-state index is 12.7. The number of amides is 1. The number of carbonyl (C=O) groups is 1. The van der Waals surface area contributed by atoms with Gasteiger partial charge < -0.3 is 4.57 Å². The Morgan fingerprint density at radius 2 is 1.82 bits per heavy atom. The van der Waals surface area contributed by atoms with Gasteiger partial charge in [-0.3, -0.25) is 9.69 Å². The van der Waals surface area contributed by atoms with E-state index in [9.17, 15) is 13.2 Å². The Morgan fingerprint density at radius 3 is 2.43 bits per heavy atom. The SMILES string of the molecule is Cc1ccc(S(=O)(=O)N2CCN(CC(=O)N/N=C/c3cccn3C)CC2)cc1. The van der Waals surface area contributed by atoms with Crippen LogP contribution in [0.15, 0.2) is 52.6 Å². The summed E-state index contributed by atoms with van der Waals surface area (Å²) in [6, 6.07) is 10.6. The lowest BCUT2D eigenvalue weighted by Crippen LogP contribution is -2.50. The maximum absolute atomic E-state index is 12.7. The number of benzene rings is 1. The second kappa shape index (κ2) is 8.68. The van der Waals surface area contributed by atoms with Crippen LogP contribution in [-0.4, -0.2) is 67.0 Å². The van der Waals surface area contributed by atoms with Crippen LogP contribution in [0.3, 0.4) is 0 Å². The molecule has 1 N–H and O–H groups in total. The van der Waals surface area contributed by atoms with Gasteiger partial charge in [-0.2, -0.15) is 9.41 Å². The van der Waals surface area contributed by atoms with Crippen molar-refractivity contribution in [1.29, 1.82) is 0 Å². The lowest BCUT2D eigenvalue weighted by Gasteiger charge is -2.33. The lowest BCUT2D eigenvalue weighted by molar-refractivity contribution is -0.122. The molecule has 0 unspecified atom stereocenters. The molecule has 0 saturated carbocycles. The first kappa shape index (κ1) is 20.2. The van der Waals surface area contributed by atoms with Gasteiger partial charge in [-0.25, -0.2) is 13.8 Å². The summed E-state index contributed by atoms with van der Waals surface area (Å²) in [6.07, 6.45) is 3.48. The molecule has 1 amide bonds. The number of hydrogen-bond acceptors (Lipinski definition) is 5. The van der Waals surface area contributed by atoms with Gasteiger partial charge in [0.15, 0.2) is 0 Å². The molecule has 0 spiro atoms. The van der Waals surface area contributed by atoms with Gasteiger partial charge in [0.2, 0.25) is 10.0 Å². The van der Waals surface area contributed by atoms with E-state index in [1.807, 2.05) is 41.8 Å². The summed E-state index contributed by atoms with van der Waals surface area (Å²) in [4.78, 5) is 14.3. The molecule has 1 aliphatic rings. The summed E-state index contributed by atoms with van der Waals surface area (Å²) >= 11 is 0. The van der Waals surface area contributed by atoms with Crippen molar-refractivity contribution < 1.29 is 13.2 Å². The van der Waals surface area contributed by atoms with Crippen LogP contribution in [0.25, 0.3) is 0 Å². The first-order chi connectivity index (χ1) is 13.4. The van der Waals surface area contributed by atoms with Crippen molar-refractivity contribution in [2.75, 3.05) is 32.7 Å². The molecule has 0 radical (unpaired) electrons.